The van der Waals surface area contributed by atoms with Gasteiger partial charge in [-0.05, 0) is 49.6 Å². The summed E-state index contributed by atoms with van der Waals surface area (Å²) in [5.74, 6) is 2.20. The van der Waals surface area contributed by atoms with Gasteiger partial charge in [-0.15, -0.1) is 0 Å². The van der Waals surface area contributed by atoms with Gasteiger partial charge in [0.05, 0.1) is 0 Å². The lowest BCUT2D eigenvalue weighted by atomic mass is 9.67. The molecule has 1 nitrogen and oxygen atoms in total. The minimum atomic E-state index is 0.922. The van der Waals surface area contributed by atoms with Crippen LogP contribution in [0.3, 0.4) is 0 Å². The van der Waals surface area contributed by atoms with Gasteiger partial charge in [0.1, 0.15) is 0 Å². The summed E-state index contributed by atoms with van der Waals surface area (Å²) in [6.45, 7) is 2.66. The maximum atomic E-state index is 3.50. The predicted molar refractivity (Wildman–Crippen MR) is 36.1 cm³/mol. The summed E-state index contributed by atoms with van der Waals surface area (Å²) >= 11 is 0. The van der Waals surface area contributed by atoms with Crippen LogP contribution in [0.15, 0.2) is 0 Å². The molecule has 0 aromatic heterocycles. The molecule has 0 amide bonds. The lowest BCUT2D eigenvalue weighted by Gasteiger charge is -2.42. The van der Waals surface area contributed by atoms with Crippen LogP contribution in [0.4, 0.5) is 0 Å². The molecule has 1 aliphatic heterocycles. The maximum absolute atomic E-state index is 3.50. The van der Waals surface area contributed by atoms with Crippen LogP contribution < -0.4 is 5.32 Å². The first-order valence-electron chi connectivity index (χ1n) is 4.12. The minimum absolute atomic E-state index is 0.922. The van der Waals surface area contributed by atoms with Crippen LogP contribution in [0.1, 0.15) is 19.3 Å². The van der Waals surface area contributed by atoms with E-state index in [1.165, 1.54) is 19.5 Å². The van der Waals surface area contributed by atoms with Crippen molar-refractivity contribution >= 4 is 0 Å². The highest BCUT2D eigenvalue weighted by Gasteiger charge is 2.64. The number of hydrogen-bond donors (Lipinski definition) is 1. The number of piperidine rings is 1. The van der Waals surface area contributed by atoms with Crippen LogP contribution in [0.5, 0.6) is 0 Å². The van der Waals surface area contributed by atoms with Crippen molar-refractivity contribution in [1.82, 2.24) is 5.32 Å². The van der Waals surface area contributed by atoms with Crippen molar-refractivity contribution in [3.05, 3.63) is 0 Å². The van der Waals surface area contributed by atoms with E-state index in [2.05, 4.69) is 5.32 Å². The Kier molecular flexibility index (Phi) is 0.628. The minimum Gasteiger partial charge on any atom is -0.316 e. The van der Waals surface area contributed by atoms with Gasteiger partial charge in [-0.3, -0.25) is 0 Å². The van der Waals surface area contributed by atoms with Crippen molar-refractivity contribution in [1.29, 1.82) is 0 Å². The summed E-state index contributed by atoms with van der Waals surface area (Å²) < 4.78 is 0. The van der Waals surface area contributed by atoms with Crippen molar-refractivity contribution < 1.29 is 0 Å². The molecule has 0 radical (unpaired) electrons. The standard InChI is InChI=1S/C8H13N/c1-2-8-3-7(8)5-9-4-6(1)8/h6-7,9H,1-5H2. The zero-order valence-corrected chi connectivity index (χ0v) is 5.69. The molecule has 1 heteroatoms. The molecule has 3 atom stereocenters. The van der Waals surface area contributed by atoms with Crippen molar-refractivity contribution in [3.8, 4) is 0 Å². The number of nitrogens with one attached hydrogen (secondary N) is 1. The Balaban J connectivity index is 1.90. The molecule has 2 saturated carbocycles. The van der Waals surface area contributed by atoms with E-state index >= 15 is 0 Å². The molecule has 1 N–H and O–H groups in total. The maximum Gasteiger partial charge on any atom is -0.00148 e. The molecule has 3 aliphatic rings. The Morgan fingerprint density at radius 1 is 1.22 bits per heavy atom. The Morgan fingerprint density at radius 3 is 2.67 bits per heavy atom. The smallest absolute Gasteiger partial charge is 0.00148 e. The molecule has 1 heterocycles. The lowest BCUT2D eigenvalue weighted by molar-refractivity contribution is 0.102. The van der Waals surface area contributed by atoms with Crippen molar-refractivity contribution in [2.45, 2.75) is 19.3 Å². The van der Waals surface area contributed by atoms with E-state index in [0.717, 1.165) is 17.3 Å². The van der Waals surface area contributed by atoms with E-state index in [1.54, 1.807) is 12.8 Å². The summed E-state index contributed by atoms with van der Waals surface area (Å²) in [4.78, 5) is 0. The normalized spacial score (nSPS) is 61.3. The summed E-state index contributed by atoms with van der Waals surface area (Å²) in [5, 5.41) is 3.50. The van der Waals surface area contributed by atoms with E-state index in [9.17, 15) is 0 Å². The van der Waals surface area contributed by atoms with Gasteiger partial charge in [-0.1, -0.05) is 0 Å². The van der Waals surface area contributed by atoms with Crippen LogP contribution >= 0.6 is 0 Å². The van der Waals surface area contributed by atoms with Crippen molar-refractivity contribution in [2.75, 3.05) is 13.1 Å². The molecule has 3 unspecified atom stereocenters. The highest BCUT2D eigenvalue weighted by Crippen LogP contribution is 2.69. The average Bonchev–Trinajstić information content (AvgIpc) is 2.52. The summed E-state index contributed by atoms with van der Waals surface area (Å²) in [5.41, 5.74) is 0.922. The Bertz CT molecular complexity index is 155. The number of hydrogen-bond acceptors (Lipinski definition) is 1. The van der Waals surface area contributed by atoms with E-state index in [-0.39, 0.29) is 0 Å². The average molecular weight is 123 g/mol. The molecule has 1 spiro atoms. The largest absolute Gasteiger partial charge is 0.316 e. The van der Waals surface area contributed by atoms with Gasteiger partial charge >= 0.3 is 0 Å². The van der Waals surface area contributed by atoms with Gasteiger partial charge in [0.2, 0.25) is 0 Å². The van der Waals surface area contributed by atoms with E-state index in [0.29, 0.717) is 0 Å². The first kappa shape index (κ1) is 4.73. The molecule has 1 saturated heterocycles. The summed E-state index contributed by atoms with van der Waals surface area (Å²) in [7, 11) is 0. The Morgan fingerprint density at radius 2 is 2.11 bits per heavy atom. The molecular weight excluding hydrogens is 110 g/mol. The molecule has 2 aliphatic carbocycles. The number of rotatable bonds is 0. The van der Waals surface area contributed by atoms with Gasteiger partial charge in [0, 0.05) is 0 Å². The third kappa shape index (κ3) is 0.389. The zero-order chi connectivity index (χ0) is 5.90. The SMILES string of the molecule is C1CC23CC2CNCC13. The molecule has 50 valence electrons. The van der Waals surface area contributed by atoms with Crippen LogP contribution in [-0.2, 0) is 0 Å². The van der Waals surface area contributed by atoms with E-state index in [4.69, 9.17) is 0 Å². The lowest BCUT2D eigenvalue weighted by Crippen LogP contribution is -2.44. The monoisotopic (exact) mass is 123 g/mol. The first-order chi connectivity index (χ1) is 4.42. The molecule has 3 fully saturated rings. The molecule has 0 aromatic carbocycles. The predicted octanol–water partition coefficient (Wildman–Crippen LogP) is 1.01. The molecule has 3 rings (SSSR count). The van der Waals surface area contributed by atoms with E-state index < -0.39 is 0 Å². The fourth-order valence-corrected chi connectivity index (χ4v) is 2.94. The molecule has 0 aromatic rings. The summed E-state index contributed by atoms with van der Waals surface area (Å²) in [6.07, 6.45) is 4.64. The fraction of sp³-hybridized carbons (Fsp3) is 1.00. The van der Waals surface area contributed by atoms with Gasteiger partial charge < -0.3 is 5.32 Å². The second kappa shape index (κ2) is 1.20. The second-order valence-corrected chi connectivity index (χ2v) is 4.03. The van der Waals surface area contributed by atoms with Crippen LogP contribution in [0.25, 0.3) is 0 Å². The van der Waals surface area contributed by atoms with Crippen LogP contribution in [-0.4, -0.2) is 13.1 Å². The van der Waals surface area contributed by atoms with Gasteiger partial charge in [-0.25, -0.2) is 0 Å². The van der Waals surface area contributed by atoms with E-state index in [1.807, 2.05) is 0 Å². The first-order valence-corrected chi connectivity index (χ1v) is 4.12. The van der Waals surface area contributed by atoms with Gasteiger partial charge in [0.15, 0.2) is 0 Å². The second-order valence-electron chi connectivity index (χ2n) is 4.03. The Labute approximate surface area is 55.8 Å². The summed E-state index contributed by atoms with van der Waals surface area (Å²) in [6, 6.07) is 0. The third-order valence-electron chi connectivity index (χ3n) is 3.83. The van der Waals surface area contributed by atoms with Crippen molar-refractivity contribution in [2.24, 2.45) is 17.3 Å². The Hall–Kier alpha value is -0.0400. The molecular formula is C8H13N. The zero-order valence-electron chi connectivity index (χ0n) is 5.69. The highest BCUT2D eigenvalue weighted by atomic mass is 15.0. The third-order valence-corrected chi connectivity index (χ3v) is 3.83. The van der Waals surface area contributed by atoms with Crippen molar-refractivity contribution in [3.63, 3.8) is 0 Å². The molecule has 9 heavy (non-hydrogen) atoms. The van der Waals surface area contributed by atoms with Gasteiger partial charge in [0.25, 0.3) is 0 Å². The highest BCUT2D eigenvalue weighted by molar-refractivity contribution is 5.15. The fourth-order valence-electron chi connectivity index (χ4n) is 2.94. The van der Waals surface area contributed by atoms with Gasteiger partial charge in [-0.2, -0.15) is 0 Å². The topological polar surface area (TPSA) is 12.0 Å². The quantitative estimate of drug-likeness (QED) is 0.507. The van der Waals surface area contributed by atoms with Crippen LogP contribution in [0.2, 0.25) is 0 Å². The van der Waals surface area contributed by atoms with Crippen LogP contribution in [0, 0.1) is 17.3 Å². The molecule has 0 bridgehead atoms.